The second-order valence-corrected chi connectivity index (χ2v) is 7.49. The SMILES string of the molecule is CC(=O)N[C@@H]1C=C[C@]2(COC(C)=O)O[C@H]1[C@@H]([C@@H](COCc1ccccc1)OC(C)=O)O2. The molecule has 1 amide bonds. The summed E-state index contributed by atoms with van der Waals surface area (Å²) in [4.78, 5) is 34.7. The number of fused-ring (bicyclic) bond motifs is 2. The lowest BCUT2D eigenvalue weighted by molar-refractivity contribution is -0.195. The topological polar surface area (TPSA) is 109 Å². The molecule has 5 atom stereocenters. The molecular formula is C22H27NO8. The summed E-state index contributed by atoms with van der Waals surface area (Å²) in [5, 5.41) is 2.79. The van der Waals surface area contributed by atoms with Crippen molar-refractivity contribution in [3.63, 3.8) is 0 Å². The molecule has 1 aromatic carbocycles. The molecule has 2 aliphatic heterocycles. The summed E-state index contributed by atoms with van der Waals surface area (Å²) in [6, 6.07) is 9.06. The Balaban J connectivity index is 1.76. The summed E-state index contributed by atoms with van der Waals surface area (Å²) < 4.78 is 28.5. The average molecular weight is 433 g/mol. The van der Waals surface area contributed by atoms with Crippen LogP contribution < -0.4 is 5.32 Å². The van der Waals surface area contributed by atoms with Gasteiger partial charge < -0.3 is 29.0 Å². The molecule has 0 saturated carbocycles. The van der Waals surface area contributed by atoms with Crippen molar-refractivity contribution < 1.29 is 38.1 Å². The van der Waals surface area contributed by atoms with E-state index in [4.69, 9.17) is 23.7 Å². The predicted octanol–water partition coefficient (Wildman–Crippen LogP) is 1.25. The summed E-state index contributed by atoms with van der Waals surface area (Å²) in [6.07, 6.45) is 1.09. The zero-order valence-corrected chi connectivity index (χ0v) is 17.7. The van der Waals surface area contributed by atoms with E-state index in [0.29, 0.717) is 6.61 Å². The molecule has 3 rings (SSSR count). The fourth-order valence-corrected chi connectivity index (χ4v) is 3.59. The number of hydrogen-bond donors (Lipinski definition) is 1. The van der Waals surface area contributed by atoms with Crippen LogP contribution in [0, 0.1) is 0 Å². The van der Waals surface area contributed by atoms with Gasteiger partial charge >= 0.3 is 11.9 Å². The zero-order valence-electron chi connectivity index (χ0n) is 17.7. The molecule has 0 radical (unpaired) electrons. The van der Waals surface area contributed by atoms with E-state index in [0.717, 1.165) is 5.56 Å². The minimum absolute atomic E-state index is 0.0510. The third kappa shape index (κ3) is 6.13. The average Bonchev–Trinajstić information content (AvgIpc) is 3.03. The number of carbonyl (C=O) groups excluding carboxylic acids is 3. The Morgan fingerprint density at radius 2 is 1.84 bits per heavy atom. The standard InChI is InChI=1S/C22H27NO8/c1-14(24)23-18-9-10-22(13-28-15(2)25)30-20(18)21(31-22)19(29-16(3)26)12-27-11-17-7-5-4-6-8-17/h4-10,18-21H,11-13H2,1-3H3,(H,23,24)/t18-,19-,20-,21-,22+/m1/s1. The van der Waals surface area contributed by atoms with Gasteiger partial charge in [-0.3, -0.25) is 14.4 Å². The molecule has 0 aromatic heterocycles. The molecule has 0 spiro atoms. The Hall–Kier alpha value is -2.75. The van der Waals surface area contributed by atoms with Crippen LogP contribution in [0.25, 0.3) is 0 Å². The minimum Gasteiger partial charge on any atom is -0.460 e. The third-order valence-corrected chi connectivity index (χ3v) is 4.83. The van der Waals surface area contributed by atoms with Gasteiger partial charge in [0.15, 0.2) is 6.10 Å². The third-order valence-electron chi connectivity index (χ3n) is 4.83. The van der Waals surface area contributed by atoms with Gasteiger partial charge in [0.1, 0.15) is 18.8 Å². The lowest BCUT2D eigenvalue weighted by Crippen LogP contribution is -2.52. The number of carbonyl (C=O) groups is 3. The maximum absolute atomic E-state index is 11.8. The van der Waals surface area contributed by atoms with E-state index in [-0.39, 0.29) is 19.1 Å². The summed E-state index contributed by atoms with van der Waals surface area (Å²) >= 11 is 0. The Morgan fingerprint density at radius 1 is 1.10 bits per heavy atom. The van der Waals surface area contributed by atoms with Gasteiger partial charge in [0.2, 0.25) is 11.7 Å². The Bertz CT molecular complexity index is 826. The van der Waals surface area contributed by atoms with Crippen LogP contribution in [0.15, 0.2) is 42.5 Å². The van der Waals surface area contributed by atoms with E-state index in [1.54, 1.807) is 12.2 Å². The normalized spacial score (nSPS) is 27.4. The van der Waals surface area contributed by atoms with Crippen molar-refractivity contribution in [2.75, 3.05) is 13.2 Å². The van der Waals surface area contributed by atoms with Crippen molar-refractivity contribution in [1.29, 1.82) is 0 Å². The highest BCUT2D eigenvalue weighted by Crippen LogP contribution is 2.38. The fourth-order valence-electron chi connectivity index (χ4n) is 3.59. The molecular weight excluding hydrogens is 406 g/mol. The van der Waals surface area contributed by atoms with Crippen LogP contribution in [0.1, 0.15) is 26.3 Å². The van der Waals surface area contributed by atoms with Crippen LogP contribution in [0.4, 0.5) is 0 Å². The van der Waals surface area contributed by atoms with Crippen molar-refractivity contribution in [2.45, 2.75) is 57.5 Å². The van der Waals surface area contributed by atoms with Gasteiger partial charge in [0.25, 0.3) is 0 Å². The molecule has 0 aliphatic carbocycles. The van der Waals surface area contributed by atoms with Crippen LogP contribution in [-0.4, -0.2) is 61.2 Å². The maximum Gasteiger partial charge on any atom is 0.303 e. The quantitative estimate of drug-likeness (QED) is 0.458. The molecule has 1 N–H and O–H groups in total. The number of amides is 1. The fraction of sp³-hybridized carbons (Fsp3) is 0.500. The van der Waals surface area contributed by atoms with E-state index in [1.165, 1.54) is 20.8 Å². The van der Waals surface area contributed by atoms with Crippen LogP contribution in [0.5, 0.6) is 0 Å². The smallest absolute Gasteiger partial charge is 0.303 e. The van der Waals surface area contributed by atoms with Crippen molar-refractivity contribution in [2.24, 2.45) is 0 Å². The predicted molar refractivity (Wildman–Crippen MR) is 108 cm³/mol. The van der Waals surface area contributed by atoms with E-state index in [9.17, 15) is 14.4 Å². The van der Waals surface area contributed by atoms with Crippen molar-refractivity contribution in [3.05, 3.63) is 48.0 Å². The highest BCUT2D eigenvalue weighted by atomic mass is 16.8. The number of rotatable bonds is 9. The minimum atomic E-state index is -1.33. The Labute approximate surface area is 180 Å². The van der Waals surface area contributed by atoms with E-state index >= 15 is 0 Å². The first-order valence-corrected chi connectivity index (χ1v) is 10.0. The first-order valence-electron chi connectivity index (χ1n) is 10.0. The molecule has 2 bridgehead atoms. The number of benzene rings is 1. The van der Waals surface area contributed by atoms with Crippen molar-refractivity contribution in [3.8, 4) is 0 Å². The van der Waals surface area contributed by atoms with Gasteiger partial charge in [-0.15, -0.1) is 0 Å². The first-order chi connectivity index (χ1) is 14.8. The first kappa shape index (κ1) is 22.9. The van der Waals surface area contributed by atoms with Gasteiger partial charge in [-0.05, 0) is 11.6 Å². The number of hydrogen-bond acceptors (Lipinski definition) is 8. The number of nitrogens with one attached hydrogen (secondary N) is 1. The van der Waals surface area contributed by atoms with E-state index in [1.807, 2.05) is 30.3 Å². The van der Waals surface area contributed by atoms with Crippen LogP contribution >= 0.6 is 0 Å². The zero-order chi connectivity index (χ0) is 22.4. The molecule has 9 heteroatoms. The van der Waals surface area contributed by atoms with Gasteiger partial charge in [0.05, 0.1) is 19.3 Å². The number of esters is 2. The van der Waals surface area contributed by atoms with E-state index < -0.39 is 42.1 Å². The van der Waals surface area contributed by atoms with Crippen molar-refractivity contribution >= 4 is 17.8 Å². The van der Waals surface area contributed by atoms with E-state index in [2.05, 4.69) is 5.32 Å². The molecule has 31 heavy (non-hydrogen) atoms. The second-order valence-electron chi connectivity index (χ2n) is 7.49. The van der Waals surface area contributed by atoms with Gasteiger partial charge in [-0.1, -0.05) is 36.4 Å². The van der Waals surface area contributed by atoms with Crippen LogP contribution in [0.2, 0.25) is 0 Å². The van der Waals surface area contributed by atoms with Gasteiger partial charge in [-0.2, -0.15) is 0 Å². The van der Waals surface area contributed by atoms with Gasteiger partial charge in [0, 0.05) is 20.8 Å². The van der Waals surface area contributed by atoms with Crippen LogP contribution in [0.3, 0.4) is 0 Å². The molecule has 2 heterocycles. The molecule has 0 unspecified atom stereocenters. The van der Waals surface area contributed by atoms with Crippen LogP contribution in [-0.2, 0) is 44.7 Å². The van der Waals surface area contributed by atoms with Gasteiger partial charge in [-0.25, -0.2) is 0 Å². The largest absolute Gasteiger partial charge is 0.460 e. The van der Waals surface area contributed by atoms with Crippen molar-refractivity contribution in [1.82, 2.24) is 5.32 Å². The molecule has 2 aliphatic rings. The molecule has 9 nitrogen and oxygen atoms in total. The summed E-state index contributed by atoms with van der Waals surface area (Å²) in [5.74, 6) is -2.56. The lowest BCUT2D eigenvalue weighted by Gasteiger charge is -2.31. The number of ether oxygens (including phenoxy) is 5. The lowest BCUT2D eigenvalue weighted by atomic mass is 9.99. The molecule has 1 saturated heterocycles. The molecule has 1 fully saturated rings. The summed E-state index contributed by atoms with van der Waals surface area (Å²) in [6.45, 7) is 4.18. The summed E-state index contributed by atoms with van der Waals surface area (Å²) in [7, 11) is 0. The Morgan fingerprint density at radius 3 is 2.48 bits per heavy atom. The highest BCUT2D eigenvalue weighted by Gasteiger charge is 2.55. The molecule has 1 aromatic rings. The second kappa shape index (κ2) is 10.0. The molecule has 168 valence electrons. The summed E-state index contributed by atoms with van der Waals surface area (Å²) in [5.41, 5.74) is 0.968. The Kier molecular flexibility index (Phi) is 7.42. The maximum atomic E-state index is 11.8. The highest BCUT2D eigenvalue weighted by molar-refractivity contribution is 5.73. The monoisotopic (exact) mass is 433 g/mol.